The Morgan fingerprint density at radius 1 is 1.19 bits per heavy atom. The monoisotopic (exact) mass is 369 g/mol. The van der Waals surface area contributed by atoms with E-state index in [1.165, 1.54) is 19.1 Å². The van der Waals surface area contributed by atoms with E-state index in [0.717, 1.165) is 45.2 Å². The number of methoxy groups -OCH3 is 1. The summed E-state index contributed by atoms with van der Waals surface area (Å²) in [4.78, 5) is 29.7. The molecule has 8 atom stereocenters. The normalized spacial score (nSPS) is 52.8. The van der Waals surface area contributed by atoms with Crippen molar-refractivity contribution in [3.63, 3.8) is 0 Å². The molecule has 2 bridgehead atoms. The van der Waals surface area contributed by atoms with Gasteiger partial charge in [0.1, 0.15) is 5.78 Å². The predicted molar refractivity (Wildman–Crippen MR) is 101 cm³/mol. The van der Waals surface area contributed by atoms with Crippen LogP contribution in [0.15, 0.2) is 11.1 Å². The summed E-state index contributed by atoms with van der Waals surface area (Å²) in [6.07, 6.45) is 6.30. The zero-order valence-electron chi connectivity index (χ0n) is 16.8. The molecule has 4 fully saturated rings. The van der Waals surface area contributed by atoms with Crippen LogP contribution in [0.25, 0.3) is 0 Å². The van der Waals surface area contributed by atoms with E-state index in [-0.39, 0.29) is 34.6 Å². The summed E-state index contributed by atoms with van der Waals surface area (Å²) in [6.45, 7) is 6.96. The van der Waals surface area contributed by atoms with E-state index in [4.69, 9.17) is 4.74 Å². The number of hydrogen-bond donors (Lipinski definition) is 0. The molecule has 6 aliphatic rings. The van der Waals surface area contributed by atoms with Gasteiger partial charge in [0.25, 0.3) is 0 Å². The SMILES string of the molecule is COC(=O)C1C[C@@]23C(=O)C4CC5N(CC4C)CC(CCC4=C2C1CC4)[C@]53C. The molecular formula is C23H31NO3. The minimum atomic E-state index is -0.388. The fourth-order valence-corrected chi connectivity index (χ4v) is 9.01. The molecule has 1 spiro atoms. The maximum atomic E-state index is 14.3. The van der Waals surface area contributed by atoms with Gasteiger partial charge >= 0.3 is 5.97 Å². The largest absolute Gasteiger partial charge is 0.469 e. The zero-order chi connectivity index (χ0) is 18.7. The number of ketones is 1. The standard InChI is InChI=1S/C23H31NO3/c1-12-10-24-11-14-6-4-13-5-7-15-17(21(26)27-3)9-23(19(13)15)20(25)16(12)8-18(24)22(14,23)2/h12,14-18H,4-11H2,1-3H3/t12?,14?,15?,16?,17?,18?,22-,23+/m1/s1. The summed E-state index contributed by atoms with van der Waals surface area (Å²) in [5, 5.41) is 0. The topological polar surface area (TPSA) is 46.6 Å². The molecule has 4 nitrogen and oxygen atoms in total. The van der Waals surface area contributed by atoms with Crippen molar-refractivity contribution in [1.82, 2.24) is 4.90 Å². The molecule has 2 saturated carbocycles. The molecule has 6 unspecified atom stereocenters. The van der Waals surface area contributed by atoms with Gasteiger partial charge in [0.2, 0.25) is 0 Å². The number of allylic oxidation sites excluding steroid dienone is 2. The van der Waals surface area contributed by atoms with E-state index >= 15 is 0 Å². The zero-order valence-corrected chi connectivity index (χ0v) is 16.8. The minimum absolute atomic E-state index is 0.00314. The number of nitrogens with zero attached hydrogens (tertiary/aromatic N) is 1. The molecule has 6 rings (SSSR count). The lowest BCUT2D eigenvalue weighted by Gasteiger charge is -2.59. The first-order valence-corrected chi connectivity index (χ1v) is 11.0. The summed E-state index contributed by atoms with van der Waals surface area (Å²) in [7, 11) is 1.51. The van der Waals surface area contributed by atoms with Crippen molar-refractivity contribution >= 4 is 11.8 Å². The third kappa shape index (κ3) is 1.64. The Balaban J connectivity index is 1.62. The minimum Gasteiger partial charge on any atom is -0.469 e. The Kier molecular flexibility index (Phi) is 3.14. The molecule has 2 heterocycles. The lowest BCUT2D eigenvalue weighted by atomic mass is 9.45. The number of rotatable bonds is 1. The molecule has 0 amide bonds. The first-order valence-electron chi connectivity index (χ1n) is 11.0. The lowest BCUT2D eigenvalue weighted by Crippen LogP contribution is -2.64. The number of ether oxygens (including phenoxy) is 1. The second-order valence-electron chi connectivity index (χ2n) is 10.6. The quantitative estimate of drug-likeness (QED) is 0.526. The maximum Gasteiger partial charge on any atom is 0.309 e. The summed E-state index contributed by atoms with van der Waals surface area (Å²) >= 11 is 0. The van der Waals surface area contributed by atoms with Gasteiger partial charge in [0.15, 0.2) is 0 Å². The molecule has 146 valence electrons. The van der Waals surface area contributed by atoms with E-state index < -0.39 is 0 Å². The van der Waals surface area contributed by atoms with Crippen molar-refractivity contribution < 1.29 is 14.3 Å². The fraction of sp³-hybridized carbons (Fsp3) is 0.826. The predicted octanol–water partition coefficient (Wildman–Crippen LogP) is 3.21. The smallest absolute Gasteiger partial charge is 0.309 e. The highest BCUT2D eigenvalue weighted by Gasteiger charge is 2.76. The van der Waals surface area contributed by atoms with Crippen molar-refractivity contribution in [2.45, 2.75) is 58.4 Å². The van der Waals surface area contributed by atoms with Crippen molar-refractivity contribution in [2.75, 3.05) is 20.2 Å². The van der Waals surface area contributed by atoms with Crippen LogP contribution < -0.4 is 0 Å². The Labute approximate surface area is 161 Å². The first-order chi connectivity index (χ1) is 12.9. The van der Waals surface area contributed by atoms with E-state index in [9.17, 15) is 9.59 Å². The van der Waals surface area contributed by atoms with Crippen LogP contribution in [0.1, 0.15) is 52.4 Å². The molecule has 4 heteroatoms. The number of esters is 1. The van der Waals surface area contributed by atoms with Gasteiger partial charge in [-0.25, -0.2) is 0 Å². The van der Waals surface area contributed by atoms with Crippen LogP contribution in [0.5, 0.6) is 0 Å². The first kappa shape index (κ1) is 16.8. The van der Waals surface area contributed by atoms with E-state index in [0.29, 0.717) is 23.7 Å². The Morgan fingerprint density at radius 3 is 2.74 bits per heavy atom. The number of hydrogen-bond acceptors (Lipinski definition) is 4. The van der Waals surface area contributed by atoms with Crippen LogP contribution in [0, 0.1) is 40.4 Å². The van der Waals surface area contributed by atoms with E-state index in [1.54, 1.807) is 5.57 Å². The highest BCUT2D eigenvalue weighted by atomic mass is 16.5. The molecule has 2 aliphatic heterocycles. The highest BCUT2D eigenvalue weighted by Crippen LogP contribution is 2.74. The molecular weight excluding hydrogens is 338 g/mol. The second-order valence-corrected chi connectivity index (χ2v) is 10.6. The lowest BCUT2D eigenvalue weighted by molar-refractivity contribution is -0.159. The van der Waals surface area contributed by atoms with Crippen LogP contribution in [-0.4, -0.2) is 42.9 Å². The van der Waals surface area contributed by atoms with Crippen LogP contribution >= 0.6 is 0 Å². The van der Waals surface area contributed by atoms with E-state index in [1.807, 2.05) is 0 Å². The van der Waals surface area contributed by atoms with Crippen molar-refractivity contribution in [3.8, 4) is 0 Å². The molecule has 0 N–H and O–H groups in total. The van der Waals surface area contributed by atoms with Gasteiger partial charge in [-0.05, 0) is 56.3 Å². The molecule has 27 heavy (non-hydrogen) atoms. The van der Waals surface area contributed by atoms with Gasteiger partial charge in [-0.15, -0.1) is 0 Å². The van der Waals surface area contributed by atoms with Gasteiger partial charge in [-0.1, -0.05) is 25.0 Å². The maximum absolute atomic E-state index is 14.3. The van der Waals surface area contributed by atoms with Crippen LogP contribution in [0.3, 0.4) is 0 Å². The third-order valence-corrected chi connectivity index (χ3v) is 10.1. The highest BCUT2D eigenvalue weighted by molar-refractivity contribution is 5.95. The average Bonchev–Trinajstić information content (AvgIpc) is 3.27. The molecule has 0 aromatic carbocycles. The summed E-state index contributed by atoms with van der Waals surface area (Å²) in [5.74, 6) is 1.79. The number of Topliss-reactive ketones (excluding diaryl/α,β-unsaturated/α-hetero) is 1. The Hall–Kier alpha value is -1.16. The van der Waals surface area contributed by atoms with Crippen molar-refractivity contribution in [3.05, 3.63) is 11.1 Å². The van der Waals surface area contributed by atoms with Crippen LogP contribution in [-0.2, 0) is 14.3 Å². The fourth-order valence-electron chi connectivity index (χ4n) is 9.01. The number of carbonyl (C=O) groups excluding carboxylic acids is 2. The van der Waals surface area contributed by atoms with Crippen LogP contribution in [0.2, 0.25) is 0 Å². The second kappa shape index (κ2) is 5.06. The summed E-state index contributed by atoms with van der Waals surface area (Å²) in [6, 6.07) is 0.519. The summed E-state index contributed by atoms with van der Waals surface area (Å²) < 4.78 is 5.24. The Morgan fingerprint density at radius 2 is 1.96 bits per heavy atom. The number of fused-ring (bicyclic) bond motifs is 1. The molecule has 0 aromatic heterocycles. The molecule has 4 aliphatic carbocycles. The van der Waals surface area contributed by atoms with Gasteiger partial charge in [0.05, 0.1) is 18.4 Å². The van der Waals surface area contributed by atoms with Crippen molar-refractivity contribution in [2.24, 2.45) is 40.4 Å². The number of carbonyl (C=O) groups is 2. The molecule has 2 saturated heterocycles. The Bertz CT molecular complexity index is 786. The van der Waals surface area contributed by atoms with Gasteiger partial charge in [-0.2, -0.15) is 0 Å². The van der Waals surface area contributed by atoms with Gasteiger partial charge in [-0.3, -0.25) is 14.5 Å². The number of piperidine rings is 1. The third-order valence-electron chi connectivity index (χ3n) is 10.1. The molecule has 0 radical (unpaired) electrons. The van der Waals surface area contributed by atoms with E-state index in [2.05, 4.69) is 18.7 Å². The van der Waals surface area contributed by atoms with Gasteiger partial charge in [0, 0.05) is 30.5 Å². The molecule has 0 aromatic rings. The van der Waals surface area contributed by atoms with Crippen LogP contribution in [0.4, 0.5) is 0 Å². The van der Waals surface area contributed by atoms with Gasteiger partial charge < -0.3 is 4.74 Å². The van der Waals surface area contributed by atoms with Crippen molar-refractivity contribution in [1.29, 1.82) is 0 Å². The summed E-state index contributed by atoms with van der Waals surface area (Å²) in [5.41, 5.74) is 2.61. The average molecular weight is 370 g/mol.